The van der Waals surface area contributed by atoms with Crippen LogP contribution in [0.4, 0.5) is 11.4 Å². The van der Waals surface area contributed by atoms with E-state index < -0.39 is 0 Å². The highest BCUT2D eigenvalue weighted by Crippen LogP contribution is 2.39. The van der Waals surface area contributed by atoms with Crippen molar-refractivity contribution in [3.05, 3.63) is 46.9 Å². The summed E-state index contributed by atoms with van der Waals surface area (Å²) in [7, 11) is 2.07. The zero-order valence-electron chi connectivity index (χ0n) is 13.6. The van der Waals surface area contributed by atoms with Crippen molar-refractivity contribution in [1.29, 1.82) is 0 Å². The lowest BCUT2D eigenvalue weighted by molar-refractivity contribution is -0.116. The second-order valence-electron chi connectivity index (χ2n) is 6.29. The fourth-order valence-corrected chi connectivity index (χ4v) is 4.08. The maximum Gasteiger partial charge on any atom is 0.226 e. The Morgan fingerprint density at radius 2 is 2.00 bits per heavy atom. The van der Waals surface area contributed by atoms with Gasteiger partial charge < -0.3 is 15.2 Å². The molecule has 0 aliphatic carbocycles. The van der Waals surface area contributed by atoms with Gasteiger partial charge in [0, 0.05) is 34.9 Å². The third kappa shape index (κ3) is 2.40. The van der Waals surface area contributed by atoms with Gasteiger partial charge in [-0.25, -0.2) is 0 Å². The van der Waals surface area contributed by atoms with E-state index in [1.807, 2.05) is 25.1 Å². The molecule has 0 fully saturated rings. The summed E-state index contributed by atoms with van der Waals surface area (Å²) in [6, 6.07) is 14.5. The highest BCUT2D eigenvalue weighted by molar-refractivity contribution is 9.10. The summed E-state index contributed by atoms with van der Waals surface area (Å²) in [5.74, 6) is 0.0469. The van der Waals surface area contributed by atoms with Gasteiger partial charge in [0.25, 0.3) is 0 Å². The van der Waals surface area contributed by atoms with Gasteiger partial charge in [-0.1, -0.05) is 24.3 Å². The molecule has 1 aliphatic heterocycles. The molecule has 3 aromatic rings. The van der Waals surface area contributed by atoms with E-state index in [0.29, 0.717) is 6.42 Å². The van der Waals surface area contributed by atoms with Crippen LogP contribution in [0.3, 0.4) is 0 Å². The number of fused-ring (bicyclic) bond motifs is 2. The first-order valence-corrected chi connectivity index (χ1v) is 8.77. The first kappa shape index (κ1) is 15.3. The number of para-hydroxylation sites is 2. The lowest BCUT2D eigenvalue weighted by Crippen LogP contribution is -2.19. The number of hydrogen-bond donors (Lipinski definition) is 2. The lowest BCUT2D eigenvalue weighted by Gasteiger charge is -2.17. The molecule has 0 saturated heterocycles. The fraction of sp³-hybridized carbons (Fsp3) is 0.211. The summed E-state index contributed by atoms with van der Waals surface area (Å²) in [4.78, 5) is 12.0. The molecule has 0 spiro atoms. The number of aromatic nitrogens is 1. The number of benzene rings is 2. The Bertz CT molecular complexity index is 961. The minimum Gasteiger partial charge on any atom is -0.380 e. The number of nitrogens with one attached hydrogen (secondary N) is 2. The van der Waals surface area contributed by atoms with Crippen LogP contribution >= 0.6 is 15.9 Å². The molecule has 4 nitrogen and oxygen atoms in total. The number of halogens is 1. The SMILES string of the molecule is C[C@@H]1CC(=O)Nc2cccc(-c3cc4cccc(Br)c4n3C)c2N1. The predicted octanol–water partition coefficient (Wildman–Crippen LogP) is 4.75. The Morgan fingerprint density at radius 3 is 2.79 bits per heavy atom. The van der Waals surface area contributed by atoms with Gasteiger partial charge in [-0.15, -0.1) is 0 Å². The maximum atomic E-state index is 12.0. The van der Waals surface area contributed by atoms with Crippen LogP contribution in [0, 0.1) is 0 Å². The van der Waals surface area contributed by atoms with E-state index in [0.717, 1.165) is 32.6 Å². The third-order valence-electron chi connectivity index (χ3n) is 4.50. The van der Waals surface area contributed by atoms with Gasteiger partial charge in [0.05, 0.1) is 22.6 Å². The molecule has 0 radical (unpaired) electrons. The van der Waals surface area contributed by atoms with E-state index in [-0.39, 0.29) is 11.9 Å². The van der Waals surface area contributed by atoms with Crippen molar-refractivity contribution in [3.8, 4) is 11.3 Å². The van der Waals surface area contributed by atoms with E-state index >= 15 is 0 Å². The zero-order chi connectivity index (χ0) is 16.8. The third-order valence-corrected chi connectivity index (χ3v) is 5.14. The van der Waals surface area contributed by atoms with Crippen LogP contribution in [0.5, 0.6) is 0 Å². The van der Waals surface area contributed by atoms with Crippen molar-refractivity contribution in [2.24, 2.45) is 7.05 Å². The molecule has 1 amide bonds. The van der Waals surface area contributed by atoms with Crippen molar-refractivity contribution in [1.82, 2.24) is 4.57 Å². The van der Waals surface area contributed by atoms with Crippen molar-refractivity contribution in [2.75, 3.05) is 10.6 Å². The van der Waals surface area contributed by atoms with Crippen LogP contribution in [-0.4, -0.2) is 16.5 Å². The van der Waals surface area contributed by atoms with Gasteiger partial charge in [0.1, 0.15) is 0 Å². The molecule has 0 saturated carbocycles. The van der Waals surface area contributed by atoms with Crippen molar-refractivity contribution in [2.45, 2.75) is 19.4 Å². The Balaban J connectivity index is 1.96. The summed E-state index contributed by atoms with van der Waals surface area (Å²) in [5, 5.41) is 7.69. The maximum absolute atomic E-state index is 12.0. The van der Waals surface area contributed by atoms with Crippen LogP contribution < -0.4 is 10.6 Å². The van der Waals surface area contributed by atoms with Gasteiger partial charge >= 0.3 is 0 Å². The number of carbonyl (C=O) groups is 1. The molecule has 1 atom stereocenters. The number of hydrogen-bond acceptors (Lipinski definition) is 2. The number of carbonyl (C=O) groups excluding carboxylic acids is 1. The van der Waals surface area contributed by atoms with E-state index in [1.165, 1.54) is 5.39 Å². The fourth-order valence-electron chi connectivity index (χ4n) is 3.43. The molecular formula is C19H18BrN3O. The van der Waals surface area contributed by atoms with Crippen molar-refractivity contribution >= 4 is 44.1 Å². The predicted molar refractivity (Wildman–Crippen MR) is 102 cm³/mol. The molecule has 0 bridgehead atoms. The number of anilines is 2. The average molecular weight is 384 g/mol. The molecule has 5 heteroatoms. The first-order chi connectivity index (χ1) is 11.5. The van der Waals surface area contributed by atoms with Gasteiger partial charge in [-0.3, -0.25) is 4.79 Å². The van der Waals surface area contributed by atoms with Crippen LogP contribution in [0.2, 0.25) is 0 Å². The number of aryl methyl sites for hydroxylation is 1. The second-order valence-corrected chi connectivity index (χ2v) is 7.15. The molecule has 2 aromatic carbocycles. The Morgan fingerprint density at radius 1 is 1.21 bits per heavy atom. The van der Waals surface area contributed by atoms with Gasteiger partial charge in [0.2, 0.25) is 5.91 Å². The molecule has 2 heterocycles. The highest BCUT2D eigenvalue weighted by atomic mass is 79.9. The summed E-state index contributed by atoms with van der Waals surface area (Å²) in [6.45, 7) is 2.03. The van der Waals surface area contributed by atoms with E-state index in [1.54, 1.807) is 0 Å². The highest BCUT2D eigenvalue weighted by Gasteiger charge is 2.22. The van der Waals surface area contributed by atoms with Crippen LogP contribution in [-0.2, 0) is 11.8 Å². The number of nitrogens with zero attached hydrogens (tertiary/aromatic N) is 1. The molecule has 1 aromatic heterocycles. The standard InChI is InChI=1S/C19H18BrN3O/c1-11-9-17(24)22-15-8-4-6-13(18(15)21-11)16-10-12-5-3-7-14(20)19(12)23(16)2/h3-8,10-11,21H,9H2,1-2H3,(H,22,24)/t11-/m1/s1. The number of amides is 1. The summed E-state index contributed by atoms with van der Waals surface area (Å²) < 4.78 is 3.26. The lowest BCUT2D eigenvalue weighted by atomic mass is 10.1. The molecule has 0 unspecified atom stereocenters. The zero-order valence-corrected chi connectivity index (χ0v) is 15.1. The van der Waals surface area contributed by atoms with Crippen molar-refractivity contribution < 1.29 is 4.79 Å². The van der Waals surface area contributed by atoms with Gasteiger partial charge in [-0.2, -0.15) is 0 Å². The largest absolute Gasteiger partial charge is 0.380 e. The van der Waals surface area contributed by atoms with E-state index in [9.17, 15) is 4.79 Å². The Labute approximate surface area is 149 Å². The molecular weight excluding hydrogens is 366 g/mol. The molecule has 2 N–H and O–H groups in total. The van der Waals surface area contributed by atoms with Crippen molar-refractivity contribution in [3.63, 3.8) is 0 Å². The monoisotopic (exact) mass is 383 g/mol. The summed E-state index contributed by atoms with van der Waals surface area (Å²) >= 11 is 3.64. The van der Waals surface area contributed by atoms with E-state index in [4.69, 9.17) is 0 Å². The molecule has 4 rings (SSSR count). The van der Waals surface area contributed by atoms with Gasteiger partial charge in [-0.05, 0) is 41.1 Å². The first-order valence-electron chi connectivity index (χ1n) is 7.98. The minimum absolute atomic E-state index is 0.0469. The second kappa shape index (κ2) is 5.67. The van der Waals surface area contributed by atoms with E-state index in [2.05, 4.69) is 62.4 Å². The van der Waals surface area contributed by atoms with Crippen LogP contribution in [0.1, 0.15) is 13.3 Å². The average Bonchev–Trinajstić information content (AvgIpc) is 2.78. The molecule has 24 heavy (non-hydrogen) atoms. The molecule has 122 valence electrons. The minimum atomic E-state index is 0.0469. The summed E-state index contributed by atoms with van der Waals surface area (Å²) in [6.07, 6.45) is 0.467. The van der Waals surface area contributed by atoms with Crippen LogP contribution in [0.25, 0.3) is 22.2 Å². The van der Waals surface area contributed by atoms with Gasteiger partial charge in [0.15, 0.2) is 0 Å². The Kier molecular flexibility index (Phi) is 3.61. The van der Waals surface area contributed by atoms with Crippen LogP contribution in [0.15, 0.2) is 46.9 Å². The number of rotatable bonds is 1. The normalized spacial score (nSPS) is 17.1. The smallest absolute Gasteiger partial charge is 0.226 e. The summed E-state index contributed by atoms with van der Waals surface area (Å²) in [5.41, 5.74) is 5.19. The quantitative estimate of drug-likeness (QED) is 0.636. The molecule has 1 aliphatic rings. The Hall–Kier alpha value is -2.27. The topological polar surface area (TPSA) is 46.1 Å².